The Morgan fingerprint density at radius 1 is 1.43 bits per heavy atom. The Balaban J connectivity index is 1.76. The molecule has 1 saturated carbocycles. The molecule has 6 nitrogen and oxygen atoms in total. The van der Waals surface area contributed by atoms with E-state index in [0.29, 0.717) is 12.5 Å². The number of aliphatic hydroxyl groups is 1. The zero-order valence-corrected chi connectivity index (χ0v) is 12.2. The van der Waals surface area contributed by atoms with E-state index >= 15 is 0 Å². The fourth-order valence-electron chi connectivity index (χ4n) is 2.75. The van der Waals surface area contributed by atoms with Crippen LogP contribution in [0.25, 0.3) is 0 Å². The molecule has 1 aromatic rings. The Labute approximate surface area is 123 Å². The van der Waals surface area contributed by atoms with Gasteiger partial charge in [-0.2, -0.15) is 0 Å². The standard InChI is InChI=1S/C15H22N2O4/c1-10(17-15(20)13-6-3-7-21-13)14(19)16-8-11-4-2-5-12(11)9-18/h3,6-7,10-12,18H,2,4-5,8-9H2,1H3,(H,16,19)(H,17,20). The highest BCUT2D eigenvalue weighted by atomic mass is 16.3. The first kappa shape index (κ1) is 15.6. The van der Waals surface area contributed by atoms with Crippen molar-refractivity contribution in [2.75, 3.05) is 13.2 Å². The molecule has 3 N–H and O–H groups in total. The fourth-order valence-corrected chi connectivity index (χ4v) is 2.75. The fraction of sp³-hybridized carbons (Fsp3) is 0.600. The number of rotatable bonds is 6. The van der Waals surface area contributed by atoms with Crippen molar-refractivity contribution < 1.29 is 19.1 Å². The average molecular weight is 294 g/mol. The van der Waals surface area contributed by atoms with Crippen molar-refractivity contribution in [3.05, 3.63) is 24.2 Å². The van der Waals surface area contributed by atoms with Crippen LogP contribution in [0.2, 0.25) is 0 Å². The molecule has 2 rings (SSSR count). The molecule has 2 amide bonds. The topological polar surface area (TPSA) is 91.6 Å². The van der Waals surface area contributed by atoms with E-state index in [1.807, 2.05) is 0 Å². The summed E-state index contributed by atoms with van der Waals surface area (Å²) in [6.45, 7) is 2.35. The van der Waals surface area contributed by atoms with Gasteiger partial charge in [-0.05, 0) is 43.7 Å². The number of amides is 2. The lowest BCUT2D eigenvalue weighted by Gasteiger charge is -2.19. The van der Waals surface area contributed by atoms with Crippen LogP contribution in [0.15, 0.2) is 22.8 Å². The van der Waals surface area contributed by atoms with E-state index in [0.717, 1.165) is 19.3 Å². The molecule has 21 heavy (non-hydrogen) atoms. The molecule has 0 radical (unpaired) electrons. The van der Waals surface area contributed by atoms with E-state index in [1.54, 1.807) is 19.1 Å². The van der Waals surface area contributed by atoms with Crippen LogP contribution in [0.1, 0.15) is 36.7 Å². The maximum atomic E-state index is 12.0. The minimum absolute atomic E-state index is 0.172. The van der Waals surface area contributed by atoms with Crippen LogP contribution in [0.4, 0.5) is 0 Å². The summed E-state index contributed by atoms with van der Waals surface area (Å²) in [5.74, 6) is 0.159. The highest BCUT2D eigenvalue weighted by Crippen LogP contribution is 2.30. The molecule has 0 aromatic carbocycles. The van der Waals surface area contributed by atoms with Crippen molar-refractivity contribution in [3.63, 3.8) is 0 Å². The molecule has 3 atom stereocenters. The van der Waals surface area contributed by atoms with Crippen LogP contribution in [0.3, 0.4) is 0 Å². The zero-order chi connectivity index (χ0) is 15.2. The number of hydrogen-bond acceptors (Lipinski definition) is 4. The summed E-state index contributed by atoms with van der Waals surface area (Å²) in [5, 5.41) is 14.7. The minimum atomic E-state index is -0.628. The van der Waals surface area contributed by atoms with E-state index in [1.165, 1.54) is 6.26 Å². The van der Waals surface area contributed by atoms with Crippen LogP contribution in [-0.4, -0.2) is 36.1 Å². The molecule has 0 spiro atoms. The lowest BCUT2D eigenvalue weighted by Crippen LogP contribution is -2.46. The Hall–Kier alpha value is -1.82. The molecular formula is C15H22N2O4. The molecule has 1 heterocycles. The van der Waals surface area contributed by atoms with Crippen molar-refractivity contribution >= 4 is 11.8 Å². The maximum Gasteiger partial charge on any atom is 0.287 e. The molecule has 1 fully saturated rings. The van der Waals surface area contributed by atoms with Crippen LogP contribution in [0, 0.1) is 11.8 Å². The zero-order valence-electron chi connectivity index (χ0n) is 12.2. The molecule has 1 aliphatic rings. The Kier molecular flexibility index (Phi) is 5.38. The monoisotopic (exact) mass is 294 g/mol. The number of hydrogen-bond donors (Lipinski definition) is 3. The Bertz CT molecular complexity index is 472. The quantitative estimate of drug-likeness (QED) is 0.727. The number of furan rings is 1. The summed E-state index contributed by atoms with van der Waals surface area (Å²) in [7, 11) is 0. The van der Waals surface area contributed by atoms with Crippen molar-refractivity contribution in [2.45, 2.75) is 32.2 Å². The molecule has 116 valence electrons. The van der Waals surface area contributed by atoms with Crippen molar-refractivity contribution in [3.8, 4) is 0 Å². The van der Waals surface area contributed by atoms with Gasteiger partial charge in [-0.3, -0.25) is 9.59 Å². The van der Waals surface area contributed by atoms with Gasteiger partial charge in [0.25, 0.3) is 5.91 Å². The van der Waals surface area contributed by atoms with Crippen molar-refractivity contribution in [1.29, 1.82) is 0 Å². The molecular weight excluding hydrogens is 272 g/mol. The SMILES string of the molecule is CC(NC(=O)c1ccco1)C(=O)NCC1CCCC1CO. The van der Waals surface area contributed by atoms with Gasteiger partial charge in [-0.15, -0.1) is 0 Å². The first-order chi connectivity index (χ1) is 10.1. The molecule has 0 saturated heterocycles. The summed E-state index contributed by atoms with van der Waals surface area (Å²) in [4.78, 5) is 23.7. The number of aliphatic hydroxyl groups excluding tert-OH is 1. The smallest absolute Gasteiger partial charge is 0.287 e. The third-order valence-corrected chi connectivity index (χ3v) is 4.08. The van der Waals surface area contributed by atoms with Gasteiger partial charge in [-0.25, -0.2) is 0 Å². The first-order valence-electron chi connectivity index (χ1n) is 7.34. The summed E-state index contributed by atoms with van der Waals surface area (Å²) in [6.07, 6.45) is 4.55. The summed E-state index contributed by atoms with van der Waals surface area (Å²) in [5.41, 5.74) is 0. The van der Waals surface area contributed by atoms with Gasteiger partial charge in [0.15, 0.2) is 5.76 Å². The third kappa shape index (κ3) is 4.07. The second-order valence-corrected chi connectivity index (χ2v) is 5.55. The van der Waals surface area contributed by atoms with Crippen LogP contribution in [0.5, 0.6) is 0 Å². The van der Waals surface area contributed by atoms with Crippen molar-refractivity contribution in [1.82, 2.24) is 10.6 Å². The number of nitrogens with one attached hydrogen (secondary N) is 2. The van der Waals surface area contributed by atoms with E-state index in [2.05, 4.69) is 10.6 Å². The number of carbonyl (C=O) groups is 2. The molecule has 0 bridgehead atoms. The molecule has 1 aromatic heterocycles. The average Bonchev–Trinajstić information content (AvgIpc) is 3.15. The predicted molar refractivity (Wildman–Crippen MR) is 76.6 cm³/mol. The van der Waals surface area contributed by atoms with Crippen molar-refractivity contribution in [2.24, 2.45) is 11.8 Å². The van der Waals surface area contributed by atoms with Gasteiger partial charge in [0.05, 0.1) is 6.26 Å². The highest BCUT2D eigenvalue weighted by molar-refractivity contribution is 5.95. The molecule has 3 unspecified atom stereocenters. The summed E-state index contributed by atoms with van der Waals surface area (Å²) >= 11 is 0. The third-order valence-electron chi connectivity index (χ3n) is 4.08. The largest absolute Gasteiger partial charge is 0.459 e. The predicted octanol–water partition coefficient (Wildman–Crippen LogP) is 0.923. The molecule has 0 aliphatic heterocycles. The second kappa shape index (κ2) is 7.26. The van der Waals surface area contributed by atoms with Gasteiger partial charge in [0.1, 0.15) is 6.04 Å². The Morgan fingerprint density at radius 3 is 2.86 bits per heavy atom. The summed E-state index contributed by atoms with van der Waals surface area (Å²) < 4.78 is 4.97. The minimum Gasteiger partial charge on any atom is -0.459 e. The number of carbonyl (C=O) groups excluding carboxylic acids is 2. The lowest BCUT2D eigenvalue weighted by atomic mass is 9.97. The first-order valence-corrected chi connectivity index (χ1v) is 7.34. The van der Waals surface area contributed by atoms with E-state index in [9.17, 15) is 14.7 Å². The van der Waals surface area contributed by atoms with Gasteiger partial charge in [-0.1, -0.05) is 6.42 Å². The van der Waals surface area contributed by atoms with Crippen LogP contribution >= 0.6 is 0 Å². The Morgan fingerprint density at radius 2 is 2.19 bits per heavy atom. The normalized spacial score (nSPS) is 22.8. The summed E-state index contributed by atoms with van der Waals surface area (Å²) in [6, 6.07) is 2.54. The van der Waals surface area contributed by atoms with Gasteiger partial charge in [0, 0.05) is 13.2 Å². The van der Waals surface area contributed by atoms with E-state index in [4.69, 9.17) is 4.42 Å². The molecule has 1 aliphatic carbocycles. The van der Waals surface area contributed by atoms with E-state index < -0.39 is 11.9 Å². The second-order valence-electron chi connectivity index (χ2n) is 5.55. The van der Waals surface area contributed by atoms with Crippen LogP contribution < -0.4 is 10.6 Å². The molecule has 6 heteroatoms. The van der Waals surface area contributed by atoms with Gasteiger partial charge in [0.2, 0.25) is 5.91 Å². The lowest BCUT2D eigenvalue weighted by molar-refractivity contribution is -0.122. The van der Waals surface area contributed by atoms with Gasteiger partial charge < -0.3 is 20.2 Å². The highest BCUT2D eigenvalue weighted by Gasteiger charge is 2.27. The van der Waals surface area contributed by atoms with E-state index in [-0.39, 0.29) is 24.2 Å². The van der Waals surface area contributed by atoms with Gasteiger partial charge >= 0.3 is 0 Å². The van der Waals surface area contributed by atoms with Crippen LogP contribution in [-0.2, 0) is 4.79 Å². The maximum absolute atomic E-state index is 12.0.